The van der Waals surface area contributed by atoms with E-state index in [4.69, 9.17) is 0 Å². The molecule has 0 spiro atoms. The SMILES string of the molecule is O=S1(=O)CCC(CNc2cncc3nnnn23)C1. The molecule has 1 fully saturated rings. The lowest BCUT2D eigenvalue weighted by Gasteiger charge is -2.10. The molecule has 18 heavy (non-hydrogen) atoms. The molecule has 2 aromatic rings. The van der Waals surface area contributed by atoms with E-state index < -0.39 is 9.84 Å². The van der Waals surface area contributed by atoms with Gasteiger partial charge in [0.1, 0.15) is 5.82 Å². The predicted molar refractivity (Wildman–Crippen MR) is 63.8 cm³/mol. The highest BCUT2D eigenvalue weighted by atomic mass is 32.2. The lowest BCUT2D eigenvalue weighted by atomic mass is 10.1. The fourth-order valence-electron chi connectivity index (χ4n) is 2.08. The maximum absolute atomic E-state index is 11.3. The Labute approximate surface area is 103 Å². The van der Waals surface area contributed by atoms with Crippen LogP contribution < -0.4 is 5.32 Å². The molecule has 2 aromatic heterocycles. The normalized spacial score (nSPS) is 22.3. The van der Waals surface area contributed by atoms with Crippen molar-refractivity contribution in [3.8, 4) is 0 Å². The average molecular weight is 268 g/mol. The number of nitrogens with zero attached hydrogens (tertiary/aromatic N) is 5. The maximum Gasteiger partial charge on any atom is 0.199 e. The summed E-state index contributed by atoms with van der Waals surface area (Å²) in [6, 6.07) is 0. The molecule has 1 unspecified atom stereocenters. The molecule has 0 amide bonds. The van der Waals surface area contributed by atoms with Crippen LogP contribution in [0.5, 0.6) is 0 Å². The number of hydrogen-bond donors (Lipinski definition) is 1. The predicted octanol–water partition coefficient (Wildman–Crippen LogP) is -0.634. The fraction of sp³-hybridized carbons (Fsp3) is 0.556. The largest absolute Gasteiger partial charge is 0.368 e. The number of fused-ring (bicyclic) bond motifs is 1. The Kier molecular flexibility index (Phi) is 2.62. The fourth-order valence-corrected chi connectivity index (χ4v) is 3.94. The highest BCUT2D eigenvalue weighted by Gasteiger charge is 2.27. The van der Waals surface area contributed by atoms with Gasteiger partial charge < -0.3 is 5.32 Å². The van der Waals surface area contributed by atoms with Crippen LogP contribution in [-0.4, -0.2) is 51.5 Å². The Balaban J connectivity index is 1.72. The second kappa shape index (κ2) is 4.16. The Bertz CT molecular complexity index is 667. The molecule has 1 N–H and O–H groups in total. The molecule has 1 atom stereocenters. The van der Waals surface area contributed by atoms with Crippen LogP contribution in [0.25, 0.3) is 5.65 Å². The lowest BCUT2D eigenvalue weighted by Crippen LogP contribution is -2.17. The Morgan fingerprint density at radius 1 is 1.44 bits per heavy atom. The zero-order valence-corrected chi connectivity index (χ0v) is 10.3. The van der Waals surface area contributed by atoms with Gasteiger partial charge in [-0.05, 0) is 22.8 Å². The molecule has 1 aliphatic heterocycles. The van der Waals surface area contributed by atoms with Crippen LogP contribution in [0, 0.1) is 5.92 Å². The van der Waals surface area contributed by atoms with E-state index in [1.165, 1.54) is 4.52 Å². The van der Waals surface area contributed by atoms with Crippen molar-refractivity contribution in [1.82, 2.24) is 25.0 Å². The molecule has 0 radical (unpaired) electrons. The molecule has 96 valence electrons. The van der Waals surface area contributed by atoms with Gasteiger partial charge in [0, 0.05) is 6.54 Å². The van der Waals surface area contributed by atoms with Crippen molar-refractivity contribution < 1.29 is 8.42 Å². The molecule has 0 aromatic carbocycles. The maximum atomic E-state index is 11.3. The number of sulfone groups is 1. The van der Waals surface area contributed by atoms with Crippen molar-refractivity contribution >= 4 is 21.3 Å². The first-order valence-electron chi connectivity index (χ1n) is 5.60. The van der Waals surface area contributed by atoms with Crippen molar-refractivity contribution in [2.24, 2.45) is 5.92 Å². The smallest absolute Gasteiger partial charge is 0.199 e. The zero-order chi connectivity index (χ0) is 12.6. The van der Waals surface area contributed by atoms with Gasteiger partial charge in [0.2, 0.25) is 0 Å². The van der Waals surface area contributed by atoms with Crippen LogP contribution in [0.15, 0.2) is 12.4 Å². The van der Waals surface area contributed by atoms with Gasteiger partial charge in [0.15, 0.2) is 15.5 Å². The van der Waals surface area contributed by atoms with Crippen molar-refractivity contribution in [1.29, 1.82) is 0 Å². The number of aromatic nitrogens is 5. The molecule has 1 saturated heterocycles. The van der Waals surface area contributed by atoms with Crippen molar-refractivity contribution in [3.05, 3.63) is 12.4 Å². The Morgan fingerprint density at radius 3 is 3.11 bits per heavy atom. The summed E-state index contributed by atoms with van der Waals surface area (Å²) < 4.78 is 24.2. The van der Waals surface area contributed by atoms with Gasteiger partial charge in [-0.2, -0.15) is 4.52 Å². The van der Waals surface area contributed by atoms with Crippen LogP contribution in [-0.2, 0) is 9.84 Å². The van der Waals surface area contributed by atoms with Gasteiger partial charge in [0.05, 0.1) is 23.9 Å². The van der Waals surface area contributed by atoms with E-state index in [1.807, 2.05) is 0 Å². The van der Waals surface area contributed by atoms with E-state index in [9.17, 15) is 8.42 Å². The molecule has 1 aliphatic rings. The average Bonchev–Trinajstić information content (AvgIpc) is 2.92. The van der Waals surface area contributed by atoms with Crippen molar-refractivity contribution in [3.63, 3.8) is 0 Å². The highest BCUT2D eigenvalue weighted by Crippen LogP contribution is 2.19. The summed E-state index contributed by atoms with van der Waals surface area (Å²) in [6.45, 7) is 0.583. The van der Waals surface area contributed by atoms with E-state index in [0.29, 0.717) is 24.4 Å². The van der Waals surface area contributed by atoms with E-state index in [1.54, 1.807) is 12.4 Å². The van der Waals surface area contributed by atoms with Gasteiger partial charge in [-0.1, -0.05) is 0 Å². The van der Waals surface area contributed by atoms with Crippen LogP contribution >= 0.6 is 0 Å². The third-order valence-electron chi connectivity index (χ3n) is 3.01. The molecule has 9 heteroatoms. The third-order valence-corrected chi connectivity index (χ3v) is 4.84. The Morgan fingerprint density at radius 2 is 2.33 bits per heavy atom. The van der Waals surface area contributed by atoms with E-state index in [2.05, 4.69) is 25.8 Å². The van der Waals surface area contributed by atoms with Crippen molar-refractivity contribution in [2.45, 2.75) is 6.42 Å². The topological polar surface area (TPSA) is 102 Å². The number of nitrogens with one attached hydrogen (secondary N) is 1. The van der Waals surface area contributed by atoms with Gasteiger partial charge in [-0.15, -0.1) is 5.10 Å². The van der Waals surface area contributed by atoms with E-state index >= 15 is 0 Å². The molecule has 0 bridgehead atoms. The number of rotatable bonds is 3. The number of anilines is 1. The molecule has 0 aliphatic carbocycles. The first-order valence-corrected chi connectivity index (χ1v) is 7.42. The minimum Gasteiger partial charge on any atom is -0.368 e. The summed E-state index contributed by atoms with van der Waals surface area (Å²) >= 11 is 0. The summed E-state index contributed by atoms with van der Waals surface area (Å²) in [4.78, 5) is 4.01. The van der Waals surface area contributed by atoms with Crippen LogP contribution in [0.1, 0.15) is 6.42 Å². The zero-order valence-electron chi connectivity index (χ0n) is 9.52. The van der Waals surface area contributed by atoms with Crippen LogP contribution in [0.2, 0.25) is 0 Å². The van der Waals surface area contributed by atoms with Gasteiger partial charge in [0.25, 0.3) is 0 Å². The molecule has 3 rings (SSSR count). The highest BCUT2D eigenvalue weighted by molar-refractivity contribution is 7.91. The molecule has 8 nitrogen and oxygen atoms in total. The molecule has 0 saturated carbocycles. The second-order valence-electron chi connectivity index (χ2n) is 4.39. The Hall–Kier alpha value is -1.77. The van der Waals surface area contributed by atoms with Gasteiger partial charge in [-0.25, -0.2) is 8.42 Å². The standard InChI is InChI=1S/C9H12N6O2S/c16-18(17)2-1-7(6-18)3-11-8-4-10-5-9-12-13-14-15(8)9/h4-5,7,11H,1-3,6H2. The minimum atomic E-state index is -2.83. The number of tetrazole rings is 1. The molecule has 3 heterocycles. The van der Waals surface area contributed by atoms with Crippen molar-refractivity contribution in [2.75, 3.05) is 23.4 Å². The summed E-state index contributed by atoms with van der Waals surface area (Å²) in [7, 11) is -2.83. The summed E-state index contributed by atoms with van der Waals surface area (Å²) in [6.07, 6.45) is 3.88. The monoisotopic (exact) mass is 268 g/mol. The van der Waals surface area contributed by atoms with Gasteiger partial charge >= 0.3 is 0 Å². The summed E-state index contributed by atoms with van der Waals surface area (Å²) in [5.41, 5.74) is 0.555. The van der Waals surface area contributed by atoms with E-state index in [-0.39, 0.29) is 17.4 Å². The first kappa shape index (κ1) is 11.3. The lowest BCUT2D eigenvalue weighted by molar-refractivity contribution is 0.595. The quantitative estimate of drug-likeness (QED) is 0.790. The second-order valence-corrected chi connectivity index (χ2v) is 6.62. The van der Waals surface area contributed by atoms with Crippen LogP contribution in [0.3, 0.4) is 0 Å². The van der Waals surface area contributed by atoms with E-state index in [0.717, 1.165) is 0 Å². The minimum absolute atomic E-state index is 0.140. The summed E-state index contributed by atoms with van der Waals surface area (Å²) in [5, 5.41) is 14.3. The first-order chi connectivity index (χ1) is 8.64. The third kappa shape index (κ3) is 2.13. The molecular formula is C9H12N6O2S. The van der Waals surface area contributed by atoms with Gasteiger partial charge in [-0.3, -0.25) is 4.98 Å². The summed E-state index contributed by atoms with van der Waals surface area (Å²) in [5.74, 6) is 1.34. The number of hydrogen-bond acceptors (Lipinski definition) is 7. The van der Waals surface area contributed by atoms with Crippen LogP contribution in [0.4, 0.5) is 5.82 Å². The molecular weight excluding hydrogens is 256 g/mol.